The van der Waals surface area contributed by atoms with Crippen molar-refractivity contribution in [3.8, 4) is 0 Å². The van der Waals surface area contributed by atoms with E-state index in [0.29, 0.717) is 6.04 Å². The molecule has 2 rings (SSSR count). The number of hydrogen-bond donors (Lipinski definition) is 1. The summed E-state index contributed by atoms with van der Waals surface area (Å²) in [5.74, 6) is 0. The van der Waals surface area contributed by atoms with Gasteiger partial charge in [-0.25, -0.2) is 0 Å². The third-order valence-electron chi connectivity index (χ3n) is 3.22. The van der Waals surface area contributed by atoms with E-state index >= 15 is 0 Å². The molecule has 94 valence electrons. The van der Waals surface area contributed by atoms with Crippen LogP contribution in [0.3, 0.4) is 0 Å². The molecule has 0 saturated heterocycles. The Balaban J connectivity index is 2.26. The summed E-state index contributed by atoms with van der Waals surface area (Å²) in [5.41, 5.74) is 3.93. The van der Waals surface area contributed by atoms with Crippen molar-refractivity contribution in [1.29, 1.82) is 0 Å². The monoisotopic (exact) mass is 304 g/mol. The van der Waals surface area contributed by atoms with Gasteiger partial charge in [0.1, 0.15) is 0 Å². The molecule has 0 spiro atoms. The quantitative estimate of drug-likeness (QED) is 0.932. The van der Waals surface area contributed by atoms with E-state index in [9.17, 15) is 0 Å². The first-order valence-corrected chi connectivity index (χ1v) is 6.83. The van der Waals surface area contributed by atoms with Crippen molar-refractivity contribution in [1.82, 2.24) is 10.3 Å². The minimum absolute atomic E-state index is 0.324. The lowest BCUT2D eigenvalue weighted by Crippen LogP contribution is -2.20. The van der Waals surface area contributed by atoms with Gasteiger partial charge in [0.2, 0.25) is 0 Å². The second kappa shape index (κ2) is 6.12. The van der Waals surface area contributed by atoms with Gasteiger partial charge < -0.3 is 5.32 Å². The second-order valence-electron chi connectivity index (χ2n) is 4.35. The molecule has 0 fully saturated rings. The number of likely N-dealkylation sites (N-methyl/N-ethyl adjacent to an activating group) is 1. The maximum Gasteiger partial charge on any atom is 0.0361 e. The predicted molar refractivity (Wildman–Crippen MR) is 78.6 cm³/mol. The first kappa shape index (κ1) is 13.2. The molecular formula is C15H17BrN2. The summed E-state index contributed by atoms with van der Waals surface area (Å²) in [6, 6.07) is 10.8. The van der Waals surface area contributed by atoms with Gasteiger partial charge in [-0.15, -0.1) is 0 Å². The summed E-state index contributed by atoms with van der Waals surface area (Å²) >= 11 is 3.59. The van der Waals surface area contributed by atoms with Gasteiger partial charge in [0.15, 0.2) is 0 Å². The van der Waals surface area contributed by atoms with Crippen molar-refractivity contribution in [2.45, 2.75) is 19.4 Å². The maximum atomic E-state index is 4.06. The Labute approximate surface area is 117 Å². The Bertz CT molecular complexity index is 511. The van der Waals surface area contributed by atoms with Gasteiger partial charge in [0.25, 0.3) is 0 Å². The molecule has 0 aliphatic rings. The number of nitrogens with one attached hydrogen (secondary N) is 1. The van der Waals surface area contributed by atoms with Gasteiger partial charge in [-0.2, -0.15) is 0 Å². The van der Waals surface area contributed by atoms with Crippen LogP contribution in [-0.2, 0) is 6.42 Å². The number of hydrogen-bond acceptors (Lipinski definition) is 2. The Kier molecular flexibility index (Phi) is 4.50. The Morgan fingerprint density at radius 2 is 1.94 bits per heavy atom. The molecule has 1 aromatic heterocycles. The molecule has 0 amide bonds. The van der Waals surface area contributed by atoms with Gasteiger partial charge in [0, 0.05) is 22.9 Å². The van der Waals surface area contributed by atoms with Crippen LogP contribution in [0, 0.1) is 6.92 Å². The van der Waals surface area contributed by atoms with E-state index in [1.807, 2.05) is 19.4 Å². The van der Waals surface area contributed by atoms with E-state index in [1.54, 1.807) is 0 Å². The van der Waals surface area contributed by atoms with Crippen LogP contribution in [0.4, 0.5) is 0 Å². The molecule has 0 aliphatic heterocycles. The van der Waals surface area contributed by atoms with E-state index in [1.165, 1.54) is 16.7 Å². The maximum absolute atomic E-state index is 4.06. The zero-order valence-electron chi connectivity index (χ0n) is 10.7. The number of aromatic nitrogens is 1. The Morgan fingerprint density at radius 1 is 1.22 bits per heavy atom. The standard InChI is InChI=1S/C15H17BrN2/c1-11-13(4-3-5-14(11)16)15(17-2)10-12-6-8-18-9-7-12/h3-9,15,17H,10H2,1-2H3. The average Bonchev–Trinajstić information content (AvgIpc) is 2.41. The summed E-state index contributed by atoms with van der Waals surface area (Å²) < 4.78 is 1.16. The summed E-state index contributed by atoms with van der Waals surface area (Å²) in [6.07, 6.45) is 4.65. The number of halogens is 1. The summed E-state index contributed by atoms with van der Waals surface area (Å²) in [4.78, 5) is 4.06. The predicted octanol–water partition coefficient (Wildman–Crippen LogP) is 3.66. The van der Waals surface area contributed by atoms with Crippen molar-refractivity contribution in [2.75, 3.05) is 7.05 Å². The van der Waals surface area contributed by atoms with Gasteiger partial charge in [0.05, 0.1) is 0 Å². The first-order chi connectivity index (χ1) is 8.72. The molecule has 1 aromatic carbocycles. The van der Waals surface area contributed by atoms with Crippen LogP contribution in [0.5, 0.6) is 0 Å². The largest absolute Gasteiger partial charge is 0.313 e. The summed E-state index contributed by atoms with van der Waals surface area (Å²) in [7, 11) is 2.01. The highest BCUT2D eigenvalue weighted by molar-refractivity contribution is 9.10. The molecule has 2 aromatic rings. The van der Waals surface area contributed by atoms with Crippen LogP contribution in [0.2, 0.25) is 0 Å². The normalized spacial score (nSPS) is 12.4. The van der Waals surface area contributed by atoms with E-state index in [-0.39, 0.29) is 0 Å². The van der Waals surface area contributed by atoms with Gasteiger partial charge in [-0.3, -0.25) is 4.98 Å². The van der Waals surface area contributed by atoms with Crippen molar-refractivity contribution >= 4 is 15.9 Å². The molecule has 0 aliphatic carbocycles. The fourth-order valence-corrected chi connectivity index (χ4v) is 2.51. The van der Waals surface area contributed by atoms with Crippen LogP contribution < -0.4 is 5.32 Å². The number of benzene rings is 1. The van der Waals surface area contributed by atoms with Crippen molar-refractivity contribution in [2.24, 2.45) is 0 Å². The van der Waals surface area contributed by atoms with E-state index in [0.717, 1.165) is 10.9 Å². The van der Waals surface area contributed by atoms with Crippen LogP contribution in [0.1, 0.15) is 22.7 Å². The molecule has 0 saturated carbocycles. The smallest absolute Gasteiger partial charge is 0.0361 e. The lowest BCUT2D eigenvalue weighted by Gasteiger charge is -2.19. The molecule has 3 heteroatoms. The topological polar surface area (TPSA) is 24.9 Å². The molecule has 1 N–H and O–H groups in total. The lowest BCUT2D eigenvalue weighted by molar-refractivity contribution is 0.588. The molecule has 0 radical (unpaired) electrons. The molecule has 18 heavy (non-hydrogen) atoms. The second-order valence-corrected chi connectivity index (χ2v) is 5.21. The minimum Gasteiger partial charge on any atom is -0.313 e. The third-order valence-corrected chi connectivity index (χ3v) is 4.08. The van der Waals surface area contributed by atoms with Crippen LogP contribution >= 0.6 is 15.9 Å². The molecule has 1 unspecified atom stereocenters. The molecule has 1 atom stereocenters. The van der Waals surface area contributed by atoms with E-state index in [2.05, 4.69) is 63.5 Å². The molecule has 1 heterocycles. The average molecular weight is 305 g/mol. The number of rotatable bonds is 4. The van der Waals surface area contributed by atoms with Gasteiger partial charge in [-0.1, -0.05) is 28.1 Å². The highest BCUT2D eigenvalue weighted by Crippen LogP contribution is 2.26. The Hall–Kier alpha value is -1.19. The van der Waals surface area contributed by atoms with E-state index < -0.39 is 0 Å². The fourth-order valence-electron chi connectivity index (χ4n) is 2.12. The van der Waals surface area contributed by atoms with Crippen molar-refractivity contribution < 1.29 is 0 Å². The lowest BCUT2D eigenvalue weighted by atomic mass is 9.96. The molecule has 2 nitrogen and oxygen atoms in total. The highest BCUT2D eigenvalue weighted by Gasteiger charge is 2.13. The third kappa shape index (κ3) is 2.98. The van der Waals surface area contributed by atoms with Crippen LogP contribution in [-0.4, -0.2) is 12.0 Å². The molecular weight excluding hydrogens is 288 g/mol. The van der Waals surface area contributed by atoms with E-state index in [4.69, 9.17) is 0 Å². The SMILES string of the molecule is CNC(Cc1ccncc1)c1cccc(Br)c1C. The molecule has 0 bridgehead atoms. The van der Waals surface area contributed by atoms with Crippen LogP contribution in [0.25, 0.3) is 0 Å². The highest BCUT2D eigenvalue weighted by atomic mass is 79.9. The number of nitrogens with zero attached hydrogens (tertiary/aromatic N) is 1. The van der Waals surface area contributed by atoms with Gasteiger partial charge in [-0.05, 0) is 55.3 Å². The van der Waals surface area contributed by atoms with Gasteiger partial charge >= 0.3 is 0 Å². The summed E-state index contributed by atoms with van der Waals surface area (Å²) in [6.45, 7) is 2.15. The fraction of sp³-hybridized carbons (Fsp3) is 0.267. The minimum atomic E-state index is 0.324. The van der Waals surface area contributed by atoms with Crippen molar-refractivity contribution in [3.05, 3.63) is 63.9 Å². The zero-order chi connectivity index (χ0) is 13.0. The Morgan fingerprint density at radius 3 is 2.61 bits per heavy atom. The van der Waals surface area contributed by atoms with Crippen LogP contribution in [0.15, 0.2) is 47.2 Å². The summed E-state index contributed by atoms with van der Waals surface area (Å²) in [5, 5.41) is 3.39. The van der Waals surface area contributed by atoms with Crippen molar-refractivity contribution in [3.63, 3.8) is 0 Å². The first-order valence-electron chi connectivity index (χ1n) is 6.03. The number of pyridine rings is 1. The zero-order valence-corrected chi connectivity index (χ0v) is 12.2.